The molecule has 2 N–H and O–H groups in total. The van der Waals surface area contributed by atoms with E-state index in [4.69, 9.17) is 0 Å². The topological polar surface area (TPSA) is 62.7 Å². The number of para-hydroxylation sites is 1. The van der Waals surface area contributed by atoms with E-state index in [-0.39, 0.29) is 5.82 Å². The van der Waals surface area contributed by atoms with E-state index in [9.17, 15) is 4.39 Å². The molecule has 3 rings (SSSR count). The fourth-order valence-electron chi connectivity index (χ4n) is 2.22. The van der Waals surface area contributed by atoms with Gasteiger partial charge in [0.1, 0.15) is 5.82 Å². The van der Waals surface area contributed by atoms with Gasteiger partial charge in [0.05, 0.1) is 6.20 Å². The molecule has 3 aromatic rings. The van der Waals surface area contributed by atoms with E-state index in [1.54, 1.807) is 12.1 Å². The highest BCUT2D eigenvalue weighted by atomic mass is 19.1. The summed E-state index contributed by atoms with van der Waals surface area (Å²) in [7, 11) is 0. The van der Waals surface area contributed by atoms with Crippen molar-refractivity contribution in [3.8, 4) is 0 Å². The molecule has 0 radical (unpaired) electrons. The smallest absolute Gasteiger partial charge is 0.249 e. The van der Waals surface area contributed by atoms with Crippen LogP contribution in [-0.2, 0) is 0 Å². The molecular formula is C17H16FN5. The summed E-state index contributed by atoms with van der Waals surface area (Å²) in [5.41, 5.74) is 3.90. The Morgan fingerprint density at radius 2 is 1.61 bits per heavy atom. The van der Waals surface area contributed by atoms with E-state index in [0.29, 0.717) is 11.8 Å². The maximum Gasteiger partial charge on any atom is 0.249 e. The summed E-state index contributed by atoms with van der Waals surface area (Å²) in [6.45, 7) is 4.03. The Balaban J connectivity index is 1.81. The summed E-state index contributed by atoms with van der Waals surface area (Å²) in [5, 5.41) is 14.2. The van der Waals surface area contributed by atoms with Crippen LogP contribution < -0.4 is 10.6 Å². The molecule has 5 nitrogen and oxygen atoms in total. The van der Waals surface area contributed by atoms with Crippen LogP contribution in [0.3, 0.4) is 0 Å². The van der Waals surface area contributed by atoms with Gasteiger partial charge < -0.3 is 10.6 Å². The van der Waals surface area contributed by atoms with Crippen LogP contribution in [0.25, 0.3) is 0 Å². The summed E-state index contributed by atoms with van der Waals surface area (Å²) in [6.07, 6.45) is 1.51. The third-order valence-corrected chi connectivity index (χ3v) is 3.39. The molecule has 0 aliphatic heterocycles. The van der Waals surface area contributed by atoms with E-state index in [2.05, 4.69) is 25.8 Å². The Morgan fingerprint density at radius 1 is 0.913 bits per heavy atom. The zero-order valence-electron chi connectivity index (χ0n) is 12.8. The Hall–Kier alpha value is -3.02. The minimum atomic E-state index is -0.284. The highest BCUT2D eigenvalue weighted by Gasteiger charge is 2.06. The fourth-order valence-corrected chi connectivity index (χ4v) is 2.22. The van der Waals surface area contributed by atoms with E-state index in [1.165, 1.54) is 18.3 Å². The largest absolute Gasteiger partial charge is 0.339 e. The van der Waals surface area contributed by atoms with Gasteiger partial charge in [-0.2, -0.15) is 10.1 Å². The molecule has 2 aromatic carbocycles. The van der Waals surface area contributed by atoms with Crippen LogP contribution in [0.2, 0.25) is 0 Å². The normalized spacial score (nSPS) is 10.4. The molecule has 0 bridgehead atoms. The van der Waals surface area contributed by atoms with Crippen LogP contribution in [0.1, 0.15) is 11.1 Å². The molecule has 0 spiro atoms. The average Bonchev–Trinajstić information content (AvgIpc) is 2.54. The number of rotatable bonds is 4. The van der Waals surface area contributed by atoms with Gasteiger partial charge in [-0.15, -0.1) is 5.10 Å². The summed E-state index contributed by atoms with van der Waals surface area (Å²) < 4.78 is 12.9. The van der Waals surface area contributed by atoms with Crippen molar-refractivity contribution in [2.75, 3.05) is 10.6 Å². The number of aromatic nitrogens is 3. The maximum absolute atomic E-state index is 12.9. The molecule has 0 aliphatic carbocycles. The van der Waals surface area contributed by atoms with Gasteiger partial charge in [-0.3, -0.25) is 0 Å². The van der Waals surface area contributed by atoms with Crippen molar-refractivity contribution in [2.24, 2.45) is 0 Å². The number of aryl methyl sites for hydroxylation is 2. The number of anilines is 4. The second-order valence-corrected chi connectivity index (χ2v) is 5.19. The number of hydrogen-bond acceptors (Lipinski definition) is 5. The number of nitrogens with zero attached hydrogens (tertiary/aromatic N) is 3. The number of benzene rings is 2. The van der Waals surface area contributed by atoms with Gasteiger partial charge in [0.15, 0.2) is 5.82 Å². The van der Waals surface area contributed by atoms with Crippen molar-refractivity contribution in [1.29, 1.82) is 0 Å². The molecule has 0 aliphatic rings. The zero-order valence-corrected chi connectivity index (χ0v) is 12.8. The SMILES string of the molecule is Cc1cccc(C)c1Nc1nncc(Nc2ccc(F)cc2)n1. The van der Waals surface area contributed by atoms with Crippen LogP contribution in [0.5, 0.6) is 0 Å². The Kier molecular flexibility index (Phi) is 4.14. The Bertz CT molecular complexity index is 797. The maximum atomic E-state index is 12.9. The van der Waals surface area contributed by atoms with Gasteiger partial charge in [0.2, 0.25) is 5.95 Å². The fraction of sp³-hybridized carbons (Fsp3) is 0.118. The lowest BCUT2D eigenvalue weighted by atomic mass is 10.1. The first-order chi connectivity index (χ1) is 11.1. The molecule has 0 amide bonds. The number of nitrogens with one attached hydrogen (secondary N) is 2. The molecule has 0 unspecified atom stereocenters. The van der Waals surface area contributed by atoms with Crippen LogP contribution in [-0.4, -0.2) is 15.2 Å². The number of hydrogen-bond donors (Lipinski definition) is 2. The standard InChI is InChI=1S/C17H16FN5/c1-11-4-3-5-12(2)16(11)22-17-21-15(10-19-23-17)20-14-8-6-13(18)7-9-14/h3-10H,1-2H3,(H2,20,21,22,23). The molecule has 1 aromatic heterocycles. The quantitative estimate of drug-likeness (QED) is 0.759. The second-order valence-electron chi connectivity index (χ2n) is 5.19. The number of halogens is 1. The average molecular weight is 309 g/mol. The van der Waals surface area contributed by atoms with Gasteiger partial charge in [0.25, 0.3) is 0 Å². The molecule has 0 saturated carbocycles. The molecule has 23 heavy (non-hydrogen) atoms. The minimum absolute atomic E-state index is 0.284. The highest BCUT2D eigenvalue weighted by Crippen LogP contribution is 2.23. The van der Waals surface area contributed by atoms with Crippen molar-refractivity contribution in [2.45, 2.75) is 13.8 Å². The van der Waals surface area contributed by atoms with Crippen LogP contribution >= 0.6 is 0 Å². The van der Waals surface area contributed by atoms with Crippen LogP contribution in [0.15, 0.2) is 48.7 Å². The predicted octanol–water partition coefficient (Wildman–Crippen LogP) is 4.11. The van der Waals surface area contributed by atoms with Crippen molar-refractivity contribution >= 4 is 23.1 Å². The Morgan fingerprint density at radius 3 is 2.30 bits per heavy atom. The Labute approximate surface area is 133 Å². The third kappa shape index (κ3) is 3.60. The lowest BCUT2D eigenvalue weighted by Gasteiger charge is -2.11. The molecule has 0 fully saturated rings. The molecule has 0 saturated heterocycles. The van der Waals surface area contributed by atoms with E-state index < -0.39 is 0 Å². The van der Waals surface area contributed by atoms with E-state index in [1.807, 2.05) is 32.0 Å². The molecule has 116 valence electrons. The summed E-state index contributed by atoms with van der Waals surface area (Å²) in [4.78, 5) is 4.38. The lowest BCUT2D eigenvalue weighted by molar-refractivity contribution is 0.628. The van der Waals surface area contributed by atoms with Crippen molar-refractivity contribution in [1.82, 2.24) is 15.2 Å². The third-order valence-electron chi connectivity index (χ3n) is 3.39. The zero-order chi connectivity index (χ0) is 16.2. The molecular weight excluding hydrogens is 293 g/mol. The van der Waals surface area contributed by atoms with E-state index in [0.717, 1.165) is 22.5 Å². The first-order valence-corrected chi connectivity index (χ1v) is 7.17. The van der Waals surface area contributed by atoms with Crippen LogP contribution in [0.4, 0.5) is 27.5 Å². The predicted molar refractivity (Wildman–Crippen MR) is 88.7 cm³/mol. The van der Waals surface area contributed by atoms with Gasteiger partial charge in [0, 0.05) is 11.4 Å². The van der Waals surface area contributed by atoms with Crippen molar-refractivity contribution in [3.63, 3.8) is 0 Å². The lowest BCUT2D eigenvalue weighted by Crippen LogP contribution is -2.04. The summed E-state index contributed by atoms with van der Waals surface area (Å²) >= 11 is 0. The van der Waals surface area contributed by atoms with E-state index >= 15 is 0 Å². The molecule has 1 heterocycles. The second kappa shape index (κ2) is 6.39. The van der Waals surface area contributed by atoms with Gasteiger partial charge in [-0.25, -0.2) is 4.39 Å². The first kappa shape index (κ1) is 14.9. The molecule has 0 atom stereocenters. The van der Waals surface area contributed by atoms with Gasteiger partial charge in [-0.1, -0.05) is 18.2 Å². The van der Waals surface area contributed by atoms with Gasteiger partial charge in [-0.05, 0) is 49.2 Å². The monoisotopic (exact) mass is 309 g/mol. The highest BCUT2D eigenvalue weighted by molar-refractivity contribution is 5.64. The molecule has 6 heteroatoms. The van der Waals surface area contributed by atoms with Gasteiger partial charge >= 0.3 is 0 Å². The first-order valence-electron chi connectivity index (χ1n) is 7.17. The minimum Gasteiger partial charge on any atom is -0.339 e. The van der Waals surface area contributed by atoms with Crippen LogP contribution in [0, 0.1) is 19.7 Å². The van der Waals surface area contributed by atoms with Crippen molar-refractivity contribution in [3.05, 3.63) is 65.6 Å². The van der Waals surface area contributed by atoms with Crippen molar-refractivity contribution < 1.29 is 4.39 Å². The summed E-state index contributed by atoms with van der Waals surface area (Å²) in [6, 6.07) is 12.1. The summed E-state index contributed by atoms with van der Waals surface area (Å²) in [5.74, 6) is 0.642.